The maximum absolute atomic E-state index is 5.43. The monoisotopic (exact) mass is 208 g/mol. The van der Waals surface area contributed by atoms with E-state index >= 15 is 0 Å². The summed E-state index contributed by atoms with van der Waals surface area (Å²) >= 11 is 0. The van der Waals surface area contributed by atoms with Crippen LogP contribution in [0.25, 0.3) is 0 Å². The Hall–Kier alpha value is -1.80. The van der Waals surface area contributed by atoms with Gasteiger partial charge in [0.05, 0.1) is 13.1 Å². The molecule has 8 nitrogen and oxygen atoms in total. The SMILES string of the molecule is Cn1nnc(CC(NN)c2ncc[nH]2)n1. The maximum Gasteiger partial charge on any atom is 0.176 e. The Bertz CT molecular complexity index is 404. The minimum Gasteiger partial charge on any atom is -0.347 e. The van der Waals surface area contributed by atoms with E-state index in [4.69, 9.17) is 5.84 Å². The number of imidazole rings is 1. The first-order valence-electron chi connectivity index (χ1n) is 4.48. The molecule has 8 heteroatoms. The van der Waals surface area contributed by atoms with E-state index in [1.165, 1.54) is 4.80 Å². The van der Waals surface area contributed by atoms with Crippen LogP contribution in [0.2, 0.25) is 0 Å². The summed E-state index contributed by atoms with van der Waals surface area (Å²) in [7, 11) is 1.72. The molecular weight excluding hydrogens is 196 g/mol. The van der Waals surface area contributed by atoms with Crippen molar-refractivity contribution in [2.75, 3.05) is 0 Å². The largest absolute Gasteiger partial charge is 0.347 e. The van der Waals surface area contributed by atoms with Crippen LogP contribution in [-0.2, 0) is 13.5 Å². The Balaban J connectivity index is 2.09. The molecule has 0 radical (unpaired) electrons. The Morgan fingerprint density at radius 3 is 3.07 bits per heavy atom. The molecule has 1 unspecified atom stereocenters. The van der Waals surface area contributed by atoms with Gasteiger partial charge in [-0.1, -0.05) is 0 Å². The average Bonchev–Trinajstić information content (AvgIpc) is 2.85. The van der Waals surface area contributed by atoms with Crippen molar-refractivity contribution in [3.63, 3.8) is 0 Å². The number of hydrogen-bond donors (Lipinski definition) is 3. The Morgan fingerprint density at radius 2 is 2.53 bits per heavy atom. The van der Waals surface area contributed by atoms with E-state index in [2.05, 4.69) is 30.8 Å². The lowest BCUT2D eigenvalue weighted by molar-refractivity contribution is 0.514. The van der Waals surface area contributed by atoms with Crippen molar-refractivity contribution in [3.05, 3.63) is 24.0 Å². The molecule has 0 aliphatic rings. The van der Waals surface area contributed by atoms with Gasteiger partial charge in [0, 0.05) is 18.8 Å². The number of nitrogens with two attached hydrogens (primary N) is 1. The predicted molar refractivity (Wildman–Crippen MR) is 51.2 cm³/mol. The zero-order chi connectivity index (χ0) is 10.7. The molecule has 2 aromatic heterocycles. The van der Waals surface area contributed by atoms with E-state index in [1.807, 2.05) is 0 Å². The number of nitrogens with zero attached hydrogens (tertiary/aromatic N) is 5. The molecule has 2 heterocycles. The molecule has 0 fully saturated rings. The third-order valence-corrected chi connectivity index (χ3v) is 1.99. The van der Waals surface area contributed by atoms with Crippen molar-refractivity contribution in [2.45, 2.75) is 12.5 Å². The summed E-state index contributed by atoms with van der Waals surface area (Å²) in [6.45, 7) is 0. The third kappa shape index (κ3) is 2.17. The van der Waals surface area contributed by atoms with E-state index in [9.17, 15) is 0 Å². The van der Waals surface area contributed by atoms with E-state index < -0.39 is 0 Å². The lowest BCUT2D eigenvalue weighted by Gasteiger charge is -2.10. The van der Waals surface area contributed by atoms with Gasteiger partial charge in [-0.05, 0) is 5.21 Å². The zero-order valence-electron chi connectivity index (χ0n) is 8.25. The minimum atomic E-state index is -0.135. The number of H-pyrrole nitrogens is 1. The van der Waals surface area contributed by atoms with Crippen LogP contribution >= 0.6 is 0 Å². The Kier molecular flexibility index (Phi) is 2.70. The predicted octanol–water partition coefficient (Wildman–Crippen LogP) is -1.32. The fourth-order valence-electron chi connectivity index (χ4n) is 1.29. The van der Waals surface area contributed by atoms with Crippen LogP contribution in [-0.4, -0.2) is 30.2 Å². The molecule has 4 N–H and O–H groups in total. The van der Waals surface area contributed by atoms with Crippen molar-refractivity contribution in [1.29, 1.82) is 0 Å². The number of tetrazole rings is 1. The second-order valence-corrected chi connectivity index (χ2v) is 3.09. The molecule has 80 valence electrons. The van der Waals surface area contributed by atoms with E-state index in [0.717, 1.165) is 5.82 Å². The average molecular weight is 208 g/mol. The molecule has 0 saturated heterocycles. The number of rotatable bonds is 4. The first-order chi connectivity index (χ1) is 7.29. The molecule has 0 amide bonds. The summed E-state index contributed by atoms with van der Waals surface area (Å²) in [5.74, 6) is 6.80. The van der Waals surface area contributed by atoms with Crippen LogP contribution in [0.4, 0.5) is 0 Å². The molecule has 0 saturated carbocycles. The molecule has 2 rings (SSSR count). The highest BCUT2D eigenvalue weighted by Gasteiger charge is 2.15. The topological polar surface area (TPSA) is 110 Å². The van der Waals surface area contributed by atoms with Crippen molar-refractivity contribution < 1.29 is 0 Å². The lowest BCUT2D eigenvalue weighted by atomic mass is 10.2. The summed E-state index contributed by atoms with van der Waals surface area (Å²) in [4.78, 5) is 8.50. The summed E-state index contributed by atoms with van der Waals surface area (Å²) in [6.07, 6.45) is 3.95. The van der Waals surface area contributed by atoms with Crippen LogP contribution < -0.4 is 11.3 Å². The Labute approximate surface area is 85.9 Å². The minimum absolute atomic E-state index is 0.135. The van der Waals surface area contributed by atoms with Gasteiger partial charge in [-0.15, -0.1) is 10.2 Å². The number of hydrazine groups is 1. The quantitative estimate of drug-likeness (QED) is 0.424. The summed E-state index contributed by atoms with van der Waals surface area (Å²) in [5.41, 5.74) is 2.65. The van der Waals surface area contributed by atoms with Crippen LogP contribution in [0.1, 0.15) is 17.7 Å². The second kappa shape index (κ2) is 4.15. The second-order valence-electron chi connectivity index (χ2n) is 3.09. The van der Waals surface area contributed by atoms with E-state index in [-0.39, 0.29) is 6.04 Å². The van der Waals surface area contributed by atoms with Crippen molar-refractivity contribution >= 4 is 0 Å². The van der Waals surface area contributed by atoms with Gasteiger partial charge in [0.25, 0.3) is 0 Å². The molecule has 0 spiro atoms. The van der Waals surface area contributed by atoms with Crippen molar-refractivity contribution in [3.8, 4) is 0 Å². The van der Waals surface area contributed by atoms with Crippen LogP contribution in [0.5, 0.6) is 0 Å². The zero-order valence-corrected chi connectivity index (χ0v) is 8.25. The number of aromatic nitrogens is 6. The number of aryl methyl sites for hydroxylation is 1. The molecule has 1 atom stereocenters. The molecule has 0 aromatic carbocycles. The fourth-order valence-corrected chi connectivity index (χ4v) is 1.29. The van der Waals surface area contributed by atoms with Gasteiger partial charge in [-0.2, -0.15) is 4.80 Å². The van der Waals surface area contributed by atoms with Gasteiger partial charge in [0.1, 0.15) is 5.82 Å². The molecule has 0 bridgehead atoms. The third-order valence-electron chi connectivity index (χ3n) is 1.99. The van der Waals surface area contributed by atoms with E-state index in [0.29, 0.717) is 12.2 Å². The maximum atomic E-state index is 5.43. The van der Waals surface area contributed by atoms with Gasteiger partial charge in [-0.3, -0.25) is 5.84 Å². The van der Waals surface area contributed by atoms with Crippen molar-refractivity contribution in [1.82, 2.24) is 35.6 Å². The lowest BCUT2D eigenvalue weighted by Crippen LogP contribution is -2.30. The molecule has 0 aliphatic heterocycles. The summed E-state index contributed by atoms with van der Waals surface area (Å²) in [6, 6.07) is -0.135. The fraction of sp³-hybridized carbons (Fsp3) is 0.429. The highest BCUT2D eigenvalue weighted by molar-refractivity contribution is 4.99. The van der Waals surface area contributed by atoms with Crippen LogP contribution in [0, 0.1) is 0 Å². The summed E-state index contributed by atoms with van der Waals surface area (Å²) < 4.78 is 0. The van der Waals surface area contributed by atoms with Crippen LogP contribution in [0.3, 0.4) is 0 Å². The van der Waals surface area contributed by atoms with Gasteiger partial charge in [-0.25, -0.2) is 10.4 Å². The van der Waals surface area contributed by atoms with Crippen LogP contribution in [0.15, 0.2) is 12.4 Å². The van der Waals surface area contributed by atoms with Crippen molar-refractivity contribution in [2.24, 2.45) is 12.9 Å². The highest BCUT2D eigenvalue weighted by atomic mass is 15.6. The summed E-state index contributed by atoms with van der Waals surface area (Å²) in [5, 5.41) is 11.7. The first-order valence-corrected chi connectivity index (χ1v) is 4.48. The van der Waals surface area contributed by atoms with Gasteiger partial charge in [0.15, 0.2) is 5.82 Å². The van der Waals surface area contributed by atoms with Gasteiger partial charge < -0.3 is 4.98 Å². The number of hydrogen-bond acceptors (Lipinski definition) is 6. The normalized spacial score (nSPS) is 12.9. The molecular formula is C7H12N8. The Morgan fingerprint density at radius 1 is 1.67 bits per heavy atom. The first kappa shape index (κ1) is 9.74. The molecule has 15 heavy (non-hydrogen) atoms. The number of nitrogens with one attached hydrogen (secondary N) is 2. The number of aromatic amines is 1. The van der Waals surface area contributed by atoms with Gasteiger partial charge in [0.2, 0.25) is 0 Å². The molecule has 2 aromatic rings. The smallest absolute Gasteiger partial charge is 0.176 e. The molecule has 0 aliphatic carbocycles. The van der Waals surface area contributed by atoms with Gasteiger partial charge >= 0.3 is 0 Å². The van der Waals surface area contributed by atoms with E-state index in [1.54, 1.807) is 19.4 Å². The standard InChI is InChI=1S/C7H12N8/c1-15-13-6(12-14-15)4-5(11-8)7-9-2-3-10-7/h2-3,5,11H,4,8H2,1H3,(H,9,10). The highest BCUT2D eigenvalue weighted by Crippen LogP contribution is 2.10.